The predicted molar refractivity (Wildman–Crippen MR) is 93.6 cm³/mol. The second-order valence-electron chi connectivity index (χ2n) is 6.29. The zero-order chi connectivity index (χ0) is 17.3. The monoisotopic (exact) mass is 318 g/mol. The lowest BCUT2D eigenvalue weighted by molar-refractivity contribution is -0.123. The minimum Gasteiger partial charge on any atom is -0.323 e. The molecule has 120 valence electrons. The van der Waals surface area contributed by atoms with Gasteiger partial charge in [-0.15, -0.1) is 0 Å². The van der Waals surface area contributed by atoms with Crippen LogP contribution in [-0.4, -0.2) is 15.7 Å². The Hall–Kier alpha value is -3.13. The molecule has 5 nitrogen and oxygen atoms in total. The maximum Gasteiger partial charge on any atom is 0.251 e. The first-order chi connectivity index (χ1) is 11.4. The van der Waals surface area contributed by atoms with Gasteiger partial charge in [0, 0.05) is 22.7 Å². The SMILES string of the molecule is Cc1cnn(C(C)(C)C(=O)Nc2ccc(C#N)c3ccccc23)c1. The largest absolute Gasteiger partial charge is 0.323 e. The molecule has 24 heavy (non-hydrogen) atoms. The number of amides is 1. The van der Waals surface area contributed by atoms with Crippen molar-refractivity contribution in [3.8, 4) is 6.07 Å². The van der Waals surface area contributed by atoms with E-state index in [0.717, 1.165) is 16.3 Å². The maximum absolute atomic E-state index is 12.8. The minimum absolute atomic E-state index is 0.166. The lowest BCUT2D eigenvalue weighted by Crippen LogP contribution is -2.40. The summed E-state index contributed by atoms with van der Waals surface area (Å²) in [7, 11) is 0. The number of nitriles is 1. The van der Waals surface area contributed by atoms with Gasteiger partial charge in [-0.2, -0.15) is 10.4 Å². The van der Waals surface area contributed by atoms with E-state index in [4.69, 9.17) is 0 Å². The Bertz CT molecular complexity index is 963. The first-order valence-electron chi connectivity index (χ1n) is 7.68. The molecule has 0 atom stereocenters. The number of aromatic nitrogens is 2. The van der Waals surface area contributed by atoms with E-state index in [2.05, 4.69) is 16.5 Å². The Kier molecular flexibility index (Phi) is 3.82. The van der Waals surface area contributed by atoms with Gasteiger partial charge in [0.05, 0.1) is 17.8 Å². The molecule has 1 heterocycles. The van der Waals surface area contributed by atoms with Gasteiger partial charge in [0.25, 0.3) is 5.91 Å². The molecule has 0 saturated heterocycles. The zero-order valence-corrected chi connectivity index (χ0v) is 13.9. The first kappa shape index (κ1) is 15.8. The molecular formula is C19H18N4O. The number of nitrogens with zero attached hydrogens (tertiary/aromatic N) is 3. The topological polar surface area (TPSA) is 70.7 Å². The smallest absolute Gasteiger partial charge is 0.251 e. The summed E-state index contributed by atoms with van der Waals surface area (Å²) in [6.07, 6.45) is 3.57. The molecule has 2 aromatic carbocycles. The van der Waals surface area contributed by atoms with Crippen LogP contribution in [0, 0.1) is 18.3 Å². The van der Waals surface area contributed by atoms with Crippen molar-refractivity contribution in [2.24, 2.45) is 0 Å². The molecule has 0 spiro atoms. The van der Waals surface area contributed by atoms with Crippen molar-refractivity contribution in [2.45, 2.75) is 26.3 Å². The van der Waals surface area contributed by atoms with E-state index < -0.39 is 5.54 Å². The molecule has 0 aliphatic rings. The molecule has 3 aromatic rings. The van der Waals surface area contributed by atoms with Gasteiger partial charge in [-0.3, -0.25) is 9.48 Å². The third-order valence-corrected chi connectivity index (χ3v) is 4.13. The van der Waals surface area contributed by atoms with Crippen LogP contribution in [0.2, 0.25) is 0 Å². The standard InChI is InChI=1S/C19H18N4O/c1-13-11-21-23(12-13)19(2,3)18(24)22-17-9-8-14(10-20)15-6-4-5-7-16(15)17/h4-9,11-12H,1-3H3,(H,22,24). The lowest BCUT2D eigenvalue weighted by Gasteiger charge is -2.24. The molecule has 0 bridgehead atoms. The summed E-state index contributed by atoms with van der Waals surface area (Å²) < 4.78 is 1.66. The first-order valence-corrected chi connectivity index (χ1v) is 7.68. The summed E-state index contributed by atoms with van der Waals surface area (Å²) in [5.74, 6) is -0.166. The second kappa shape index (κ2) is 5.82. The van der Waals surface area contributed by atoms with Crippen LogP contribution >= 0.6 is 0 Å². The van der Waals surface area contributed by atoms with Gasteiger partial charge in [0.15, 0.2) is 0 Å². The van der Waals surface area contributed by atoms with E-state index in [9.17, 15) is 10.1 Å². The Morgan fingerprint density at radius 3 is 2.54 bits per heavy atom. The molecule has 0 fully saturated rings. The fourth-order valence-electron chi connectivity index (χ4n) is 2.60. The van der Waals surface area contributed by atoms with Crippen molar-refractivity contribution in [3.05, 3.63) is 59.9 Å². The summed E-state index contributed by atoms with van der Waals surface area (Å²) >= 11 is 0. The highest BCUT2D eigenvalue weighted by molar-refractivity contribution is 6.05. The fourth-order valence-corrected chi connectivity index (χ4v) is 2.60. The second-order valence-corrected chi connectivity index (χ2v) is 6.29. The number of hydrogen-bond donors (Lipinski definition) is 1. The number of aryl methyl sites for hydroxylation is 1. The number of carbonyl (C=O) groups excluding carboxylic acids is 1. The molecule has 1 amide bonds. The summed E-state index contributed by atoms with van der Waals surface area (Å²) in [5.41, 5.74) is 1.44. The summed E-state index contributed by atoms with van der Waals surface area (Å²) in [5, 5.41) is 18.1. The molecule has 0 aliphatic heterocycles. The summed E-state index contributed by atoms with van der Waals surface area (Å²) in [6, 6.07) is 13.2. The Labute approximate surface area is 140 Å². The number of hydrogen-bond acceptors (Lipinski definition) is 3. The molecule has 0 unspecified atom stereocenters. The van der Waals surface area contributed by atoms with Gasteiger partial charge in [-0.05, 0) is 38.5 Å². The summed E-state index contributed by atoms with van der Waals surface area (Å²) in [4.78, 5) is 12.8. The van der Waals surface area contributed by atoms with Crippen molar-refractivity contribution >= 4 is 22.4 Å². The van der Waals surface area contributed by atoms with E-state index in [0.29, 0.717) is 11.3 Å². The Balaban J connectivity index is 1.98. The number of benzene rings is 2. The minimum atomic E-state index is -0.830. The average molecular weight is 318 g/mol. The molecule has 0 radical (unpaired) electrons. The molecule has 3 rings (SSSR count). The summed E-state index contributed by atoms with van der Waals surface area (Å²) in [6.45, 7) is 5.58. The maximum atomic E-state index is 12.8. The number of fused-ring (bicyclic) bond motifs is 1. The van der Waals surface area contributed by atoms with Crippen molar-refractivity contribution in [3.63, 3.8) is 0 Å². The normalized spacial score (nSPS) is 11.2. The molecule has 0 aliphatic carbocycles. The molecular weight excluding hydrogens is 300 g/mol. The molecule has 5 heteroatoms. The van der Waals surface area contributed by atoms with E-state index in [1.165, 1.54) is 0 Å². The van der Waals surface area contributed by atoms with Crippen LogP contribution in [0.15, 0.2) is 48.8 Å². The predicted octanol–water partition coefficient (Wildman–Crippen LogP) is 3.59. The highest BCUT2D eigenvalue weighted by Gasteiger charge is 2.30. The molecule has 0 saturated carbocycles. The van der Waals surface area contributed by atoms with Crippen LogP contribution < -0.4 is 5.32 Å². The van der Waals surface area contributed by atoms with Gasteiger partial charge in [-0.1, -0.05) is 24.3 Å². The average Bonchev–Trinajstić information content (AvgIpc) is 3.02. The number of anilines is 1. The van der Waals surface area contributed by atoms with Crippen molar-refractivity contribution < 1.29 is 4.79 Å². The number of nitrogens with one attached hydrogen (secondary N) is 1. The van der Waals surface area contributed by atoms with Crippen LogP contribution in [0.4, 0.5) is 5.69 Å². The lowest BCUT2D eigenvalue weighted by atomic mass is 10.0. The third kappa shape index (κ3) is 2.63. The van der Waals surface area contributed by atoms with E-state index in [-0.39, 0.29) is 5.91 Å². The van der Waals surface area contributed by atoms with Crippen molar-refractivity contribution in [1.82, 2.24) is 9.78 Å². The van der Waals surface area contributed by atoms with E-state index in [1.807, 2.05) is 51.2 Å². The highest BCUT2D eigenvalue weighted by atomic mass is 16.2. The Morgan fingerprint density at radius 1 is 1.21 bits per heavy atom. The number of rotatable bonds is 3. The van der Waals surface area contributed by atoms with Gasteiger partial charge < -0.3 is 5.32 Å². The highest BCUT2D eigenvalue weighted by Crippen LogP contribution is 2.28. The van der Waals surface area contributed by atoms with Gasteiger partial charge >= 0.3 is 0 Å². The third-order valence-electron chi connectivity index (χ3n) is 4.13. The van der Waals surface area contributed by atoms with Crippen LogP contribution in [0.1, 0.15) is 25.0 Å². The van der Waals surface area contributed by atoms with Crippen LogP contribution in [0.3, 0.4) is 0 Å². The van der Waals surface area contributed by atoms with E-state index >= 15 is 0 Å². The van der Waals surface area contributed by atoms with E-state index in [1.54, 1.807) is 23.0 Å². The van der Waals surface area contributed by atoms with Crippen LogP contribution in [-0.2, 0) is 10.3 Å². The Morgan fingerprint density at radius 2 is 1.92 bits per heavy atom. The molecule has 1 N–H and O–H groups in total. The molecule has 1 aromatic heterocycles. The van der Waals surface area contributed by atoms with Crippen LogP contribution in [0.5, 0.6) is 0 Å². The van der Waals surface area contributed by atoms with Crippen molar-refractivity contribution in [1.29, 1.82) is 5.26 Å². The van der Waals surface area contributed by atoms with Gasteiger partial charge in [0.2, 0.25) is 0 Å². The van der Waals surface area contributed by atoms with Gasteiger partial charge in [0.1, 0.15) is 5.54 Å². The van der Waals surface area contributed by atoms with Crippen molar-refractivity contribution in [2.75, 3.05) is 5.32 Å². The fraction of sp³-hybridized carbons (Fsp3) is 0.211. The zero-order valence-electron chi connectivity index (χ0n) is 13.9. The quantitative estimate of drug-likeness (QED) is 0.802. The van der Waals surface area contributed by atoms with Gasteiger partial charge in [-0.25, -0.2) is 0 Å². The van der Waals surface area contributed by atoms with Crippen LogP contribution in [0.25, 0.3) is 10.8 Å². The number of carbonyl (C=O) groups is 1.